The maximum absolute atomic E-state index is 14.4. The first-order valence-corrected chi connectivity index (χ1v) is 8.32. The number of halogens is 1. The number of carbonyl (C=O) groups excluding carboxylic acids is 3. The van der Waals surface area contributed by atoms with Gasteiger partial charge in [0, 0.05) is 24.6 Å². The van der Waals surface area contributed by atoms with Gasteiger partial charge in [-0.1, -0.05) is 0 Å². The van der Waals surface area contributed by atoms with Crippen LogP contribution in [0, 0.1) is 5.82 Å². The quantitative estimate of drug-likeness (QED) is 0.593. The Bertz CT molecular complexity index is 951. The van der Waals surface area contributed by atoms with Crippen molar-refractivity contribution in [3.8, 4) is 5.75 Å². The number of Topliss-reactive ketones (excluding diaryl/α,β-unsaturated/α-hetero) is 1. The summed E-state index contributed by atoms with van der Waals surface area (Å²) in [5.74, 6) is -1.57. The molecule has 27 heavy (non-hydrogen) atoms. The second kappa shape index (κ2) is 6.90. The average molecular weight is 371 g/mol. The molecule has 2 heterocycles. The molecule has 0 unspecified atom stereocenters. The van der Waals surface area contributed by atoms with Gasteiger partial charge >= 0.3 is 11.9 Å². The van der Waals surface area contributed by atoms with Crippen LogP contribution < -0.4 is 4.74 Å². The fourth-order valence-electron chi connectivity index (χ4n) is 2.94. The van der Waals surface area contributed by atoms with Gasteiger partial charge in [0.25, 0.3) is 0 Å². The molecule has 0 aliphatic carbocycles. The van der Waals surface area contributed by atoms with E-state index in [1.165, 1.54) is 31.5 Å². The van der Waals surface area contributed by atoms with Crippen LogP contribution in [0.1, 0.15) is 41.0 Å². The number of hydrogen-bond acceptors (Lipinski definition) is 6. The lowest BCUT2D eigenvalue weighted by Gasteiger charge is -2.13. The van der Waals surface area contributed by atoms with Gasteiger partial charge in [-0.05, 0) is 49.2 Å². The van der Waals surface area contributed by atoms with Gasteiger partial charge in [0.2, 0.25) is 0 Å². The van der Waals surface area contributed by atoms with Crippen LogP contribution >= 0.6 is 0 Å². The van der Waals surface area contributed by atoms with Gasteiger partial charge in [-0.25, -0.2) is 14.2 Å². The summed E-state index contributed by atoms with van der Waals surface area (Å²) in [5.41, 5.74) is 0.384. The Morgan fingerprint density at radius 3 is 2.67 bits per heavy atom. The van der Waals surface area contributed by atoms with Crippen molar-refractivity contribution < 1.29 is 28.2 Å². The number of ketones is 1. The number of methoxy groups -OCH3 is 1. The molecule has 1 aliphatic rings. The molecule has 0 saturated carbocycles. The number of aromatic nitrogens is 1. The maximum Gasteiger partial charge on any atom is 0.356 e. The Morgan fingerprint density at radius 2 is 1.96 bits per heavy atom. The van der Waals surface area contributed by atoms with E-state index in [1.807, 2.05) is 0 Å². The third-order valence-corrected chi connectivity index (χ3v) is 4.54. The molecule has 2 aromatic rings. The lowest BCUT2D eigenvalue weighted by atomic mass is 9.85. The topological polar surface area (TPSA) is 82.6 Å². The molecular weight excluding hydrogens is 353 g/mol. The number of esters is 2. The van der Waals surface area contributed by atoms with Crippen LogP contribution in [0.3, 0.4) is 0 Å². The van der Waals surface area contributed by atoms with Crippen molar-refractivity contribution in [2.24, 2.45) is 0 Å². The number of carbonyl (C=O) groups is 3. The Morgan fingerprint density at radius 1 is 1.22 bits per heavy atom. The molecule has 1 aliphatic heterocycles. The van der Waals surface area contributed by atoms with E-state index in [-0.39, 0.29) is 35.6 Å². The third-order valence-electron chi connectivity index (χ3n) is 4.54. The molecule has 0 radical (unpaired) electrons. The highest BCUT2D eigenvalue weighted by molar-refractivity contribution is 5.90. The first-order chi connectivity index (χ1) is 12.7. The highest BCUT2D eigenvalue weighted by Gasteiger charge is 2.41. The van der Waals surface area contributed by atoms with Gasteiger partial charge in [-0.2, -0.15) is 0 Å². The Balaban J connectivity index is 1.77. The summed E-state index contributed by atoms with van der Waals surface area (Å²) >= 11 is 0. The molecule has 0 amide bonds. The van der Waals surface area contributed by atoms with Crippen LogP contribution in [0.5, 0.6) is 5.75 Å². The van der Waals surface area contributed by atoms with E-state index in [0.717, 1.165) is 0 Å². The largest absolute Gasteiger partial charge is 0.464 e. The predicted octanol–water partition coefficient (Wildman–Crippen LogP) is 2.56. The fraction of sp³-hybridized carbons (Fsp3) is 0.300. The van der Waals surface area contributed by atoms with Gasteiger partial charge < -0.3 is 9.47 Å². The number of rotatable bonds is 5. The molecule has 0 fully saturated rings. The molecule has 1 aromatic carbocycles. The number of fused-ring (bicyclic) bond motifs is 1. The zero-order chi connectivity index (χ0) is 19.8. The second-order valence-electron chi connectivity index (χ2n) is 6.89. The summed E-state index contributed by atoms with van der Waals surface area (Å²) in [4.78, 5) is 39.7. The lowest BCUT2D eigenvalue weighted by molar-refractivity contribution is -0.137. The number of benzene rings is 1. The van der Waals surface area contributed by atoms with Gasteiger partial charge in [-0.3, -0.25) is 9.59 Å². The van der Waals surface area contributed by atoms with Crippen molar-refractivity contribution in [3.63, 3.8) is 0 Å². The van der Waals surface area contributed by atoms with E-state index in [9.17, 15) is 18.8 Å². The Hall–Kier alpha value is -3.09. The van der Waals surface area contributed by atoms with Gasteiger partial charge in [0.05, 0.1) is 12.5 Å². The fourth-order valence-corrected chi connectivity index (χ4v) is 2.94. The zero-order valence-corrected chi connectivity index (χ0v) is 15.2. The molecule has 3 rings (SSSR count). The Kier molecular flexibility index (Phi) is 4.78. The second-order valence-corrected chi connectivity index (χ2v) is 6.89. The maximum atomic E-state index is 14.4. The van der Waals surface area contributed by atoms with Crippen molar-refractivity contribution in [3.05, 3.63) is 58.7 Å². The molecule has 1 aromatic heterocycles. The third kappa shape index (κ3) is 3.58. The Labute approximate surface area is 155 Å². The van der Waals surface area contributed by atoms with Gasteiger partial charge in [-0.15, -0.1) is 0 Å². The molecule has 140 valence electrons. The van der Waals surface area contributed by atoms with Gasteiger partial charge in [0.1, 0.15) is 23.0 Å². The summed E-state index contributed by atoms with van der Waals surface area (Å²) in [6, 6.07) is 5.73. The van der Waals surface area contributed by atoms with Crippen LogP contribution in [-0.4, -0.2) is 29.8 Å². The average Bonchev–Trinajstić information content (AvgIpc) is 2.84. The summed E-state index contributed by atoms with van der Waals surface area (Å²) in [6.07, 6.45) is 1.26. The van der Waals surface area contributed by atoms with Crippen molar-refractivity contribution in [2.45, 2.75) is 32.1 Å². The number of nitrogens with zero attached hydrogens (tertiary/aromatic N) is 1. The summed E-state index contributed by atoms with van der Waals surface area (Å²) in [7, 11) is 1.24. The van der Waals surface area contributed by atoms with Crippen LogP contribution in [0.15, 0.2) is 30.5 Å². The zero-order valence-electron chi connectivity index (χ0n) is 15.2. The van der Waals surface area contributed by atoms with E-state index >= 15 is 0 Å². The van der Waals surface area contributed by atoms with Crippen LogP contribution in [0.4, 0.5) is 4.39 Å². The molecule has 6 nitrogen and oxygen atoms in total. The minimum absolute atomic E-state index is 0.00825. The van der Waals surface area contributed by atoms with Gasteiger partial charge in [0.15, 0.2) is 0 Å². The summed E-state index contributed by atoms with van der Waals surface area (Å²) in [5, 5.41) is 0. The number of pyridine rings is 1. The minimum Gasteiger partial charge on any atom is -0.464 e. The lowest BCUT2D eigenvalue weighted by Crippen LogP contribution is -2.25. The summed E-state index contributed by atoms with van der Waals surface area (Å²) < 4.78 is 24.2. The number of hydrogen-bond donors (Lipinski definition) is 0. The smallest absolute Gasteiger partial charge is 0.356 e. The highest BCUT2D eigenvalue weighted by atomic mass is 19.1. The molecule has 0 N–H and O–H groups in total. The molecular formula is C20H18FNO5. The summed E-state index contributed by atoms with van der Waals surface area (Å²) in [6.45, 7) is 3.32. The van der Waals surface area contributed by atoms with Crippen LogP contribution in [0.25, 0.3) is 0 Å². The predicted molar refractivity (Wildman–Crippen MR) is 93.1 cm³/mol. The van der Waals surface area contributed by atoms with Crippen LogP contribution in [-0.2, 0) is 32.6 Å². The first-order valence-electron chi connectivity index (χ1n) is 8.32. The molecule has 0 saturated heterocycles. The standard InChI is InChI=1S/C20H18FNO5/c1-20(2)14-10-15(21)12(9-17(14)27-19(20)25)8-13(23)6-11-4-5-22-16(7-11)18(24)26-3/h4-5,7,9-10H,6,8H2,1-3H3. The van der Waals surface area contributed by atoms with Crippen molar-refractivity contribution in [2.75, 3.05) is 7.11 Å². The van der Waals surface area contributed by atoms with E-state index in [1.54, 1.807) is 19.9 Å². The minimum atomic E-state index is -0.917. The molecule has 7 heteroatoms. The molecule has 0 bridgehead atoms. The monoisotopic (exact) mass is 371 g/mol. The highest BCUT2D eigenvalue weighted by Crippen LogP contribution is 2.40. The molecule has 0 spiro atoms. The van der Waals surface area contributed by atoms with Crippen molar-refractivity contribution >= 4 is 17.7 Å². The van der Waals surface area contributed by atoms with Crippen molar-refractivity contribution in [1.29, 1.82) is 0 Å². The van der Waals surface area contributed by atoms with Crippen molar-refractivity contribution in [1.82, 2.24) is 4.98 Å². The molecule has 0 atom stereocenters. The van der Waals surface area contributed by atoms with E-state index < -0.39 is 23.2 Å². The van der Waals surface area contributed by atoms with Crippen LogP contribution in [0.2, 0.25) is 0 Å². The number of ether oxygens (including phenoxy) is 2. The SMILES string of the molecule is COC(=O)c1cc(CC(=O)Cc2cc3c(cc2F)C(C)(C)C(=O)O3)ccn1. The van der Waals surface area contributed by atoms with E-state index in [0.29, 0.717) is 11.1 Å². The van der Waals surface area contributed by atoms with E-state index in [2.05, 4.69) is 9.72 Å². The normalized spacial score (nSPS) is 14.4. The first kappa shape index (κ1) is 18.7. The van der Waals surface area contributed by atoms with E-state index in [4.69, 9.17) is 4.74 Å².